The molecule has 3 atom stereocenters. The van der Waals surface area contributed by atoms with E-state index in [0.717, 1.165) is 32.2 Å². The third-order valence-corrected chi connectivity index (χ3v) is 6.61. The quantitative estimate of drug-likeness (QED) is 0.747. The predicted molar refractivity (Wildman–Crippen MR) is 103 cm³/mol. The fraction of sp³-hybridized carbons (Fsp3) is 0.750. The zero-order valence-electron chi connectivity index (χ0n) is 16.3. The van der Waals surface area contributed by atoms with Gasteiger partial charge in [0.2, 0.25) is 0 Å². The number of aliphatic carboxylic acids is 1. The number of alkyl halides is 3. The van der Waals surface area contributed by atoms with Gasteiger partial charge in [-0.1, -0.05) is 12.8 Å². The van der Waals surface area contributed by atoms with Crippen LogP contribution < -0.4 is 0 Å². The van der Waals surface area contributed by atoms with Gasteiger partial charge in [0, 0.05) is 25.7 Å². The van der Waals surface area contributed by atoms with Gasteiger partial charge in [-0.2, -0.15) is 24.5 Å². The summed E-state index contributed by atoms with van der Waals surface area (Å²) in [6.45, 7) is 3.95. The number of nitrogens with zero attached hydrogens (tertiary/aromatic N) is 1. The highest BCUT2D eigenvalue weighted by Gasteiger charge is 2.43. The van der Waals surface area contributed by atoms with Crippen molar-refractivity contribution in [3.63, 3.8) is 0 Å². The molecule has 1 aromatic rings. The molecule has 29 heavy (non-hydrogen) atoms. The smallest absolute Gasteiger partial charge is 0.475 e. The van der Waals surface area contributed by atoms with Crippen LogP contribution in [0.15, 0.2) is 16.8 Å². The van der Waals surface area contributed by atoms with E-state index in [1.165, 1.54) is 44.1 Å². The number of morpholine rings is 1. The van der Waals surface area contributed by atoms with Crippen molar-refractivity contribution < 1.29 is 32.5 Å². The molecule has 0 radical (unpaired) electrons. The lowest BCUT2D eigenvalue weighted by atomic mass is 10.1. The van der Waals surface area contributed by atoms with Crippen LogP contribution in [-0.2, 0) is 20.8 Å². The van der Waals surface area contributed by atoms with Crippen LogP contribution >= 0.6 is 11.3 Å². The lowest BCUT2D eigenvalue weighted by molar-refractivity contribution is -0.192. The van der Waals surface area contributed by atoms with Gasteiger partial charge in [-0.15, -0.1) is 0 Å². The average Bonchev–Trinajstić information content (AvgIpc) is 3.42. The molecule has 2 saturated carbocycles. The number of fused-ring (bicyclic) bond motifs is 1. The van der Waals surface area contributed by atoms with Gasteiger partial charge in [-0.05, 0) is 54.0 Å². The molecular formula is C20H28F3NO4S. The summed E-state index contributed by atoms with van der Waals surface area (Å²) >= 11 is 1.79. The van der Waals surface area contributed by atoms with Gasteiger partial charge in [0.25, 0.3) is 0 Å². The molecule has 2 aliphatic carbocycles. The summed E-state index contributed by atoms with van der Waals surface area (Å²) in [6.07, 6.45) is 3.47. The van der Waals surface area contributed by atoms with E-state index in [1.807, 2.05) is 0 Å². The van der Waals surface area contributed by atoms with Crippen LogP contribution in [0.5, 0.6) is 0 Å². The molecule has 4 rings (SSSR count). The van der Waals surface area contributed by atoms with Gasteiger partial charge < -0.3 is 14.6 Å². The molecule has 1 aliphatic heterocycles. The summed E-state index contributed by atoms with van der Waals surface area (Å²) in [5.41, 5.74) is 1.45. The lowest BCUT2D eigenvalue weighted by Crippen LogP contribution is -2.51. The number of hydrogen-bond acceptors (Lipinski definition) is 5. The summed E-state index contributed by atoms with van der Waals surface area (Å²) in [7, 11) is 0. The Labute approximate surface area is 172 Å². The molecule has 1 saturated heterocycles. The van der Waals surface area contributed by atoms with Crippen molar-refractivity contribution in [1.82, 2.24) is 4.90 Å². The summed E-state index contributed by atoms with van der Waals surface area (Å²) in [6, 6.07) is 2.81. The van der Waals surface area contributed by atoms with E-state index in [9.17, 15) is 13.2 Å². The average molecular weight is 436 g/mol. The Morgan fingerprint density at radius 2 is 2.00 bits per heavy atom. The van der Waals surface area contributed by atoms with Crippen LogP contribution in [0.3, 0.4) is 0 Å². The first-order valence-electron chi connectivity index (χ1n) is 10.1. The van der Waals surface area contributed by atoms with Crippen LogP contribution in [0.25, 0.3) is 0 Å². The molecule has 9 heteroatoms. The maximum absolute atomic E-state index is 10.6. The Kier molecular flexibility index (Phi) is 7.95. The van der Waals surface area contributed by atoms with Crippen molar-refractivity contribution in [2.45, 2.75) is 69.5 Å². The van der Waals surface area contributed by atoms with Gasteiger partial charge in [-0.3, -0.25) is 4.90 Å². The number of halogens is 3. The number of rotatable bonds is 5. The van der Waals surface area contributed by atoms with E-state index in [2.05, 4.69) is 21.7 Å². The standard InChI is InChI=1S/C18H27NO2S.C2HF3O2/c1-2-4-14(3-1)12-21-17-6-5-16-18(17)20-9-8-19(16)11-15-7-10-22-13-15;3-2(4,5)1(6)7/h7,10,13-14,16-18H,1-6,8-9,11-12H2;(H,6,7)/t16-,17+,18+;/m0./s1. The van der Waals surface area contributed by atoms with Crippen molar-refractivity contribution in [2.24, 2.45) is 5.92 Å². The van der Waals surface area contributed by atoms with Crippen molar-refractivity contribution in [2.75, 3.05) is 19.8 Å². The Balaban J connectivity index is 0.000000298. The molecule has 5 nitrogen and oxygen atoms in total. The predicted octanol–water partition coefficient (Wildman–Crippen LogP) is 4.32. The fourth-order valence-electron chi connectivity index (χ4n) is 4.42. The molecule has 0 amide bonds. The zero-order valence-corrected chi connectivity index (χ0v) is 17.1. The van der Waals surface area contributed by atoms with Gasteiger partial charge >= 0.3 is 12.1 Å². The minimum atomic E-state index is -5.08. The monoisotopic (exact) mass is 435 g/mol. The van der Waals surface area contributed by atoms with Crippen molar-refractivity contribution in [3.05, 3.63) is 22.4 Å². The topological polar surface area (TPSA) is 59.0 Å². The summed E-state index contributed by atoms with van der Waals surface area (Å²) < 4.78 is 44.1. The van der Waals surface area contributed by atoms with E-state index in [4.69, 9.17) is 19.4 Å². The molecule has 3 aliphatic rings. The second kappa shape index (κ2) is 10.2. The fourth-order valence-corrected chi connectivity index (χ4v) is 5.08. The largest absolute Gasteiger partial charge is 0.490 e. The van der Waals surface area contributed by atoms with E-state index in [0.29, 0.717) is 18.2 Å². The highest BCUT2D eigenvalue weighted by atomic mass is 32.1. The molecule has 0 spiro atoms. The van der Waals surface area contributed by atoms with Crippen LogP contribution in [-0.4, -0.2) is 60.2 Å². The molecule has 164 valence electrons. The SMILES string of the molecule is O=C(O)C(F)(F)F.c1cc(CN2CCO[C@H]3[C@H](OCC4CCCC4)CC[C@@H]32)cs1. The maximum atomic E-state index is 10.6. The van der Waals surface area contributed by atoms with E-state index >= 15 is 0 Å². The van der Waals surface area contributed by atoms with Crippen molar-refractivity contribution in [1.29, 1.82) is 0 Å². The Bertz CT molecular complexity index is 634. The number of carbonyl (C=O) groups is 1. The van der Waals surface area contributed by atoms with Crippen molar-refractivity contribution in [3.8, 4) is 0 Å². The number of carboxylic acid groups (broad SMARTS) is 1. The van der Waals surface area contributed by atoms with Gasteiger partial charge in [0.05, 0.1) is 18.8 Å². The molecule has 0 unspecified atom stereocenters. The number of thiophene rings is 1. The Hall–Kier alpha value is -1.16. The van der Waals surface area contributed by atoms with Gasteiger partial charge in [0.1, 0.15) is 0 Å². The summed E-state index contributed by atoms with van der Waals surface area (Å²) in [5, 5.41) is 11.6. The number of hydrogen-bond donors (Lipinski definition) is 1. The van der Waals surface area contributed by atoms with Crippen LogP contribution in [0.1, 0.15) is 44.1 Å². The van der Waals surface area contributed by atoms with Crippen LogP contribution in [0.2, 0.25) is 0 Å². The Morgan fingerprint density at radius 3 is 2.62 bits per heavy atom. The molecule has 3 fully saturated rings. The normalized spacial score (nSPS) is 28.0. The molecule has 1 N–H and O–H groups in total. The maximum Gasteiger partial charge on any atom is 0.490 e. The van der Waals surface area contributed by atoms with Gasteiger partial charge in [0.15, 0.2) is 0 Å². The van der Waals surface area contributed by atoms with Gasteiger partial charge in [-0.25, -0.2) is 4.79 Å². The molecular weight excluding hydrogens is 407 g/mol. The highest BCUT2D eigenvalue weighted by molar-refractivity contribution is 7.07. The first kappa shape index (κ1) is 22.5. The van der Waals surface area contributed by atoms with Crippen LogP contribution in [0, 0.1) is 5.92 Å². The van der Waals surface area contributed by atoms with E-state index in [-0.39, 0.29) is 0 Å². The first-order chi connectivity index (χ1) is 13.8. The summed E-state index contributed by atoms with van der Waals surface area (Å²) in [4.78, 5) is 11.5. The molecule has 0 aromatic carbocycles. The summed E-state index contributed by atoms with van der Waals surface area (Å²) in [5.74, 6) is -1.95. The molecule has 1 aromatic heterocycles. The highest BCUT2D eigenvalue weighted by Crippen LogP contribution is 2.34. The van der Waals surface area contributed by atoms with E-state index in [1.54, 1.807) is 11.3 Å². The Morgan fingerprint density at radius 1 is 1.28 bits per heavy atom. The lowest BCUT2D eigenvalue weighted by Gasteiger charge is -2.39. The third kappa shape index (κ3) is 6.41. The minimum absolute atomic E-state index is 0.300. The number of carboxylic acids is 1. The number of ether oxygens (including phenoxy) is 2. The van der Waals surface area contributed by atoms with E-state index < -0.39 is 12.1 Å². The van der Waals surface area contributed by atoms with Crippen molar-refractivity contribution >= 4 is 17.3 Å². The second-order valence-electron chi connectivity index (χ2n) is 7.91. The zero-order chi connectivity index (χ0) is 20.9. The first-order valence-corrected chi connectivity index (χ1v) is 11.1. The molecule has 0 bridgehead atoms. The van der Waals surface area contributed by atoms with Crippen LogP contribution in [0.4, 0.5) is 13.2 Å². The second-order valence-corrected chi connectivity index (χ2v) is 8.69. The minimum Gasteiger partial charge on any atom is -0.475 e. The third-order valence-electron chi connectivity index (χ3n) is 5.88. The molecule has 2 heterocycles.